The first kappa shape index (κ1) is 19.5. The van der Waals surface area contributed by atoms with Gasteiger partial charge in [0.1, 0.15) is 12.7 Å². The van der Waals surface area contributed by atoms with Gasteiger partial charge in [-0.25, -0.2) is 9.59 Å². The number of carbonyl (C=O) groups is 2. The van der Waals surface area contributed by atoms with Crippen LogP contribution in [0, 0.1) is 0 Å². The zero-order chi connectivity index (χ0) is 15.1. The summed E-state index contributed by atoms with van der Waals surface area (Å²) in [7, 11) is 0. The molecule has 0 aromatic carbocycles. The van der Waals surface area contributed by atoms with E-state index in [-0.39, 0.29) is 18.0 Å². The first-order chi connectivity index (χ1) is 9.13. The van der Waals surface area contributed by atoms with Crippen LogP contribution >= 0.6 is 0 Å². The van der Waals surface area contributed by atoms with Gasteiger partial charge in [0.05, 0.1) is 13.2 Å². The number of carbonyl (C=O) groups excluding carboxylic acids is 2. The zero-order valence-corrected chi connectivity index (χ0v) is 11.4. The van der Waals surface area contributed by atoms with Gasteiger partial charge in [-0.15, -0.1) is 13.2 Å². The number of hydrogen-bond acceptors (Lipinski definition) is 5. The maximum absolute atomic E-state index is 10.3. The van der Waals surface area contributed by atoms with Crippen LogP contribution in [0.1, 0.15) is 13.3 Å². The highest BCUT2D eigenvalue weighted by atomic mass is 16.6. The molecule has 0 aliphatic carbocycles. The average molecular weight is 270 g/mol. The summed E-state index contributed by atoms with van der Waals surface area (Å²) in [6, 6.07) is 0. The average Bonchev–Trinajstić information content (AvgIpc) is 3.29. The van der Waals surface area contributed by atoms with Crippen LogP contribution in [0.4, 0.5) is 0 Å². The van der Waals surface area contributed by atoms with Gasteiger partial charge < -0.3 is 14.2 Å². The monoisotopic (exact) mass is 270 g/mol. The Labute approximate surface area is 114 Å². The number of rotatable bonds is 6. The van der Waals surface area contributed by atoms with Crippen molar-refractivity contribution < 1.29 is 23.8 Å². The van der Waals surface area contributed by atoms with Gasteiger partial charge in [-0.3, -0.25) is 0 Å². The molecule has 1 aliphatic rings. The Kier molecular flexibility index (Phi) is 14.5. The topological polar surface area (TPSA) is 65.1 Å². The fraction of sp³-hybridized carbons (Fsp3) is 0.429. The molecule has 0 spiro atoms. The maximum atomic E-state index is 10.3. The van der Waals surface area contributed by atoms with Crippen LogP contribution in [-0.4, -0.2) is 37.9 Å². The van der Waals surface area contributed by atoms with Crippen LogP contribution in [0.15, 0.2) is 38.5 Å². The molecule has 0 bridgehead atoms. The molecule has 5 heteroatoms. The third-order valence-corrected chi connectivity index (χ3v) is 1.60. The second-order valence-electron chi connectivity index (χ2n) is 3.16. The lowest BCUT2D eigenvalue weighted by atomic mass is 10.5. The van der Waals surface area contributed by atoms with Crippen LogP contribution in [0.3, 0.4) is 0 Å². The highest BCUT2D eigenvalue weighted by molar-refractivity contribution is 5.81. The van der Waals surface area contributed by atoms with Crippen molar-refractivity contribution in [2.75, 3.05) is 19.8 Å². The first-order valence-electron chi connectivity index (χ1n) is 5.84. The van der Waals surface area contributed by atoms with Gasteiger partial charge in [0.25, 0.3) is 0 Å². The fourth-order valence-corrected chi connectivity index (χ4v) is 0.660. The van der Waals surface area contributed by atoms with Crippen LogP contribution in [0.2, 0.25) is 0 Å². The van der Waals surface area contributed by atoms with Crippen LogP contribution in [0.5, 0.6) is 0 Å². The van der Waals surface area contributed by atoms with Gasteiger partial charge in [-0.1, -0.05) is 20.1 Å². The third kappa shape index (κ3) is 16.1. The molecule has 0 radical (unpaired) electrons. The van der Waals surface area contributed by atoms with E-state index < -0.39 is 0 Å². The van der Waals surface area contributed by atoms with E-state index in [1.807, 2.05) is 6.92 Å². The van der Waals surface area contributed by atoms with Crippen LogP contribution in [0.25, 0.3) is 0 Å². The normalized spacial score (nSPS) is 14.5. The van der Waals surface area contributed by atoms with Gasteiger partial charge in [0, 0.05) is 12.2 Å². The standard InChI is InChI=1S/C6H8O3.C6H10O2.C2H4/c1-2-6(7)9-4-5-3-8-5;1-3-5-8-6(7)4-2;1-2/h2,5H,1,3-4H2;4H,2-3,5H2,1H3;1-2H2. The lowest BCUT2D eigenvalue weighted by Gasteiger charge is -1.94. The van der Waals surface area contributed by atoms with Crippen molar-refractivity contribution in [3.8, 4) is 0 Å². The summed E-state index contributed by atoms with van der Waals surface area (Å²) in [5.41, 5.74) is 0. The molecule has 5 nitrogen and oxygen atoms in total. The highest BCUT2D eigenvalue weighted by Gasteiger charge is 2.23. The largest absolute Gasteiger partial charge is 0.463 e. The molecule has 108 valence electrons. The Morgan fingerprint density at radius 1 is 1.21 bits per heavy atom. The number of esters is 2. The quantitative estimate of drug-likeness (QED) is 0.320. The van der Waals surface area contributed by atoms with Crippen molar-refractivity contribution in [1.82, 2.24) is 0 Å². The lowest BCUT2D eigenvalue weighted by molar-refractivity contribution is -0.138. The van der Waals surface area contributed by atoms with E-state index in [1.54, 1.807) is 0 Å². The molecule has 1 saturated heterocycles. The van der Waals surface area contributed by atoms with Crippen LogP contribution in [-0.2, 0) is 23.8 Å². The van der Waals surface area contributed by atoms with Gasteiger partial charge in [0.15, 0.2) is 0 Å². The molecule has 0 aromatic rings. The first-order valence-corrected chi connectivity index (χ1v) is 5.84. The minimum Gasteiger partial charge on any atom is -0.463 e. The van der Waals surface area contributed by atoms with Gasteiger partial charge in [-0.05, 0) is 6.42 Å². The summed E-state index contributed by atoms with van der Waals surface area (Å²) in [5, 5.41) is 0. The molecule has 0 amide bonds. The minimum absolute atomic E-state index is 0.147. The van der Waals surface area contributed by atoms with Gasteiger partial charge in [0.2, 0.25) is 0 Å². The summed E-state index contributed by atoms with van der Waals surface area (Å²) >= 11 is 0. The zero-order valence-electron chi connectivity index (χ0n) is 11.4. The fourth-order valence-electron chi connectivity index (χ4n) is 0.660. The third-order valence-electron chi connectivity index (χ3n) is 1.60. The van der Waals surface area contributed by atoms with Crippen molar-refractivity contribution in [3.63, 3.8) is 0 Å². The summed E-state index contributed by atoms with van der Waals surface area (Å²) in [5.74, 6) is -0.725. The maximum Gasteiger partial charge on any atom is 0.330 e. The van der Waals surface area contributed by atoms with E-state index >= 15 is 0 Å². The predicted molar refractivity (Wildman–Crippen MR) is 73.6 cm³/mol. The van der Waals surface area contributed by atoms with Crippen molar-refractivity contribution in [2.45, 2.75) is 19.4 Å². The van der Waals surface area contributed by atoms with E-state index in [4.69, 9.17) is 4.74 Å². The molecular formula is C14H22O5. The summed E-state index contributed by atoms with van der Waals surface area (Å²) in [6.07, 6.45) is 3.31. The second kappa shape index (κ2) is 14.2. The Bertz CT molecular complexity index is 282. The van der Waals surface area contributed by atoms with E-state index in [2.05, 4.69) is 35.8 Å². The summed E-state index contributed by atoms with van der Waals surface area (Å²) < 4.78 is 14.0. The summed E-state index contributed by atoms with van der Waals surface area (Å²) in [4.78, 5) is 20.6. The molecule has 1 aliphatic heterocycles. The highest BCUT2D eigenvalue weighted by Crippen LogP contribution is 2.08. The van der Waals surface area contributed by atoms with Crippen LogP contribution < -0.4 is 0 Å². The number of ether oxygens (including phenoxy) is 3. The molecule has 1 unspecified atom stereocenters. The molecular weight excluding hydrogens is 248 g/mol. The lowest BCUT2D eigenvalue weighted by Crippen LogP contribution is -2.06. The number of epoxide rings is 1. The predicted octanol–water partition coefficient (Wildman–Crippen LogP) is 2.04. The number of hydrogen-bond donors (Lipinski definition) is 0. The Morgan fingerprint density at radius 3 is 2.05 bits per heavy atom. The minimum atomic E-state index is -0.384. The van der Waals surface area contributed by atoms with E-state index in [9.17, 15) is 9.59 Å². The molecule has 0 aromatic heterocycles. The van der Waals surface area contributed by atoms with E-state index in [0.29, 0.717) is 19.8 Å². The SMILES string of the molecule is C=C.C=CC(=O)OCC1CO1.C=CC(=O)OCCC. The van der Waals surface area contributed by atoms with Gasteiger partial charge in [-0.2, -0.15) is 0 Å². The smallest absolute Gasteiger partial charge is 0.330 e. The van der Waals surface area contributed by atoms with Gasteiger partial charge >= 0.3 is 11.9 Å². The van der Waals surface area contributed by atoms with Crippen molar-refractivity contribution >= 4 is 11.9 Å². The Hall–Kier alpha value is -1.88. The molecule has 1 fully saturated rings. The van der Waals surface area contributed by atoms with Crippen molar-refractivity contribution in [1.29, 1.82) is 0 Å². The van der Waals surface area contributed by atoms with E-state index in [1.165, 1.54) is 0 Å². The second-order valence-corrected chi connectivity index (χ2v) is 3.16. The van der Waals surface area contributed by atoms with Crippen molar-refractivity contribution in [2.24, 2.45) is 0 Å². The molecule has 0 saturated carbocycles. The Balaban J connectivity index is 0. The van der Waals surface area contributed by atoms with Crippen molar-refractivity contribution in [3.05, 3.63) is 38.5 Å². The molecule has 1 rings (SSSR count). The Morgan fingerprint density at radius 2 is 1.68 bits per heavy atom. The summed E-state index contributed by atoms with van der Waals surface area (Å²) in [6.45, 7) is 16.0. The molecule has 1 heterocycles. The van der Waals surface area contributed by atoms with E-state index in [0.717, 1.165) is 18.6 Å². The molecule has 19 heavy (non-hydrogen) atoms. The molecule has 1 atom stereocenters. The molecule has 0 N–H and O–H groups in total.